The molecule has 0 spiro atoms. The molecule has 0 aromatic carbocycles. The van der Waals surface area contributed by atoms with E-state index < -0.39 is 0 Å². The Morgan fingerprint density at radius 2 is 2.30 bits per heavy atom. The summed E-state index contributed by atoms with van der Waals surface area (Å²) in [6.45, 7) is 5.12. The van der Waals surface area contributed by atoms with Crippen molar-refractivity contribution in [2.45, 2.75) is 32.4 Å². The molecule has 120 valence electrons. The molecular weight excluding hydrogens is 292 g/mol. The molecule has 3 unspecified atom stereocenters. The van der Waals surface area contributed by atoms with Crippen LogP contribution >= 0.6 is 0 Å². The normalized spacial score (nSPS) is 28.0. The maximum absolute atomic E-state index is 12.6. The number of nitrogens with one attached hydrogen (secondary N) is 1. The van der Waals surface area contributed by atoms with Crippen LogP contribution in [0.2, 0.25) is 0 Å². The van der Waals surface area contributed by atoms with Crippen LogP contribution in [0.4, 0.5) is 0 Å². The van der Waals surface area contributed by atoms with E-state index in [-0.39, 0.29) is 23.5 Å². The molecule has 23 heavy (non-hydrogen) atoms. The van der Waals surface area contributed by atoms with Crippen LogP contribution in [0.1, 0.15) is 30.6 Å². The van der Waals surface area contributed by atoms with Crippen molar-refractivity contribution in [3.8, 4) is 5.82 Å². The van der Waals surface area contributed by atoms with Crippen LogP contribution in [0.5, 0.6) is 0 Å². The standard InChI is InChI=1S/C17H20N4O2/c1-17(2)14(12-4-8-23-15(12)17)20-16(22)11-3-5-19-13(9-11)21-7-6-18-10-21/h3,5-7,9-10,12,14-15H,4,8H2,1-2H3,(H,20,22). The summed E-state index contributed by atoms with van der Waals surface area (Å²) in [5, 5.41) is 3.20. The lowest BCUT2D eigenvalue weighted by Gasteiger charge is -2.54. The Morgan fingerprint density at radius 3 is 3.09 bits per heavy atom. The maximum Gasteiger partial charge on any atom is 0.251 e. The predicted molar refractivity (Wildman–Crippen MR) is 84.2 cm³/mol. The van der Waals surface area contributed by atoms with Crippen LogP contribution in [0.25, 0.3) is 5.82 Å². The molecule has 4 rings (SSSR count). The number of carbonyl (C=O) groups is 1. The van der Waals surface area contributed by atoms with Gasteiger partial charge < -0.3 is 10.1 Å². The molecule has 0 bridgehead atoms. The number of nitrogens with zero attached hydrogens (tertiary/aromatic N) is 3. The quantitative estimate of drug-likeness (QED) is 0.938. The Kier molecular flexibility index (Phi) is 3.23. The maximum atomic E-state index is 12.6. The Labute approximate surface area is 134 Å². The lowest BCUT2D eigenvalue weighted by atomic mass is 9.57. The number of carbonyl (C=O) groups excluding carboxylic acids is 1. The van der Waals surface area contributed by atoms with Crippen LogP contribution in [0, 0.1) is 11.3 Å². The van der Waals surface area contributed by atoms with Gasteiger partial charge in [-0.05, 0) is 18.6 Å². The van der Waals surface area contributed by atoms with Gasteiger partial charge in [-0.25, -0.2) is 9.97 Å². The fourth-order valence-corrected chi connectivity index (χ4v) is 3.94. The molecule has 2 aromatic heterocycles. The van der Waals surface area contributed by atoms with Crippen molar-refractivity contribution in [2.75, 3.05) is 6.61 Å². The minimum absolute atomic E-state index is 0.0168. The third kappa shape index (κ3) is 2.25. The van der Waals surface area contributed by atoms with E-state index in [1.807, 2.05) is 0 Å². The SMILES string of the molecule is CC1(C)C(NC(=O)c2ccnc(-n3ccnc3)c2)C2CCOC21. The van der Waals surface area contributed by atoms with E-state index >= 15 is 0 Å². The van der Waals surface area contributed by atoms with Gasteiger partial charge in [0.05, 0.1) is 6.10 Å². The molecule has 1 amide bonds. The second-order valence-electron chi connectivity index (χ2n) is 6.89. The molecule has 2 fully saturated rings. The van der Waals surface area contributed by atoms with E-state index in [4.69, 9.17) is 4.74 Å². The van der Waals surface area contributed by atoms with Gasteiger partial charge in [-0.3, -0.25) is 9.36 Å². The van der Waals surface area contributed by atoms with E-state index in [2.05, 4.69) is 29.1 Å². The number of amides is 1. The summed E-state index contributed by atoms with van der Waals surface area (Å²) < 4.78 is 7.56. The summed E-state index contributed by atoms with van der Waals surface area (Å²) in [7, 11) is 0. The third-order valence-electron chi connectivity index (χ3n) is 5.16. The molecule has 1 saturated carbocycles. The zero-order valence-corrected chi connectivity index (χ0v) is 13.3. The number of hydrogen-bond donors (Lipinski definition) is 1. The predicted octanol–water partition coefficient (Wildman–Crippen LogP) is 1.81. The molecule has 2 aromatic rings. The molecule has 6 heteroatoms. The highest BCUT2D eigenvalue weighted by Gasteiger charge is 2.59. The first-order valence-corrected chi connectivity index (χ1v) is 7.94. The van der Waals surface area contributed by atoms with Crippen molar-refractivity contribution in [3.63, 3.8) is 0 Å². The second-order valence-corrected chi connectivity index (χ2v) is 6.89. The average molecular weight is 312 g/mol. The second kappa shape index (κ2) is 5.16. The van der Waals surface area contributed by atoms with Gasteiger partial charge in [0, 0.05) is 48.1 Å². The summed E-state index contributed by atoms with van der Waals surface area (Å²) in [6.07, 6.45) is 8.10. The minimum Gasteiger partial charge on any atom is -0.377 e. The summed E-state index contributed by atoms with van der Waals surface area (Å²) in [5.41, 5.74) is 0.596. The van der Waals surface area contributed by atoms with Crippen molar-refractivity contribution >= 4 is 5.91 Å². The Bertz CT molecular complexity index is 726. The third-order valence-corrected chi connectivity index (χ3v) is 5.16. The molecular formula is C17H20N4O2. The van der Waals surface area contributed by atoms with E-state index in [9.17, 15) is 4.79 Å². The minimum atomic E-state index is -0.0582. The van der Waals surface area contributed by atoms with Gasteiger partial charge in [0.25, 0.3) is 5.91 Å². The molecule has 6 nitrogen and oxygen atoms in total. The summed E-state index contributed by atoms with van der Waals surface area (Å²) in [4.78, 5) is 20.9. The molecule has 3 heterocycles. The zero-order valence-electron chi connectivity index (χ0n) is 13.3. The highest BCUT2D eigenvalue weighted by molar-refractivity contribution is 5.94. The zero-order chi connectivity index (χ0) is 16.0. The van der Waals surface area contributed by atoms with Gasteiger partial charge in [0.15, 0.2) is 0 Å². The van der Waals surface area contributed by atoms with Crippen molar-refractivity contribution in [3.05, 3.63) is 42.6 Å². The summed E-state index contributed by atoms with van der Waals surface area (Å²) in [6, 6.07) is 3.68. The van der Waals surface area contributed by atoms with Crippen molar-refractivity contribution in [2.24, 2.45) is 11.3 Å². The molecule has 1 aliphatic heterocycles. The number of imidazole rings is 1. The number of ether oxygens (including phenoxy) is 1. The molecule has 0 radical (unpaired) electrons. The fourth-order valence-electron chi connectivity index (χ4n) is 3.94. The number of fused-ring (bicyclic) bond motifs is 1. The van der Waals surface area contributed by atoms with Gasteiger partial charge in [-0.15, -0.1) is 0 Å². The van der Waals surface area contributed by atoms with E-state index in [1.165, 1.54) is 0 Å². The lowest BCUT2D eigenvalue weighted by molar-refractivity contribution is -0.108. The molecule has 2 aliphatic rings. The number of hydrogen-bond acceptors (Lipinski definition) is 4. The number of pyridine rings is 1. The topological polar surface area (TPSA) is 69.0 Å². The largest absolute Gasteiger partial charge is 0.377 e. The Balaban J connectivity index is 1.53. The van der Waals surface area contributed by atoms with Crippen LogP contribution in [0.3, 0.4) is 0 Å². The first-order chi connectivity index (χ1) is 11.1. The first-order valence-electron chi connectivity index (χ1n) is 7.94. The fraction of sp³-hybridized carbons (Fsp3) is 0.471. The van der Waals surface area contributed by atoms with Crippen molar-refractivity contribution < 1.29 is 9.53 Å². The highest BCUT2D eigenvalue weighted by atomic mass is 16.5. The van der Waals surface area contributed by atoms with E-state index in [1.54, 1.807) is 41.6 Å². The smallest absolute Gasteiger partial charge is 0.251 e. The molecule has 3 atom stereocenters. The number of aromatic nitrogens is 3. The van der Waals surface area contributed by atoms with Gasteiger partial charge in [-0.1, -0.05) is 13.8 Å². The van der Waals surface area contributed by atoms with Gasteiger partial charge in [0.2, 0.25) is 0 Å². The van der Waals surface area contributed by atoms with Gasteiger partial charge >= 0.3 is 0 Å². The molecule has 1 aliphatic carbocycles. The lowest BCUT2D eigenvalue weighted by Crippen LogP contribution is -2.66. The Hall–Kier alpha value is -2.21. The molecule has 1 N–H and O–H groups in total. The van der Waals surface area contributed by atoms with E-state index in [0.717, 1.165) is 13.0 Å². The Morgan fingerprint density at radius 1 is 1.43 bits per heavy atom. The molecule has 1 saturated heterocycles. The summed E-state index contributed by atoms with van der Waals surface area (Å²) in [5.74, 6) is 1.06. The highest BCUT2D eigenvalue weighted by Crippen LogP contribution is 2.52. The first kappa shape index (κ1) is 14.4. The van der Waals surface area contributed by atoms with Crippen LogP contribution in [-0.4, -0.2) is 39.2 Å². The summed E-state index contributed by atoms with van der Waals surface area (Å²) >= 11 is 0. The monoisotopic (exact) mass is 312 g/mol. The van der Waals surface area contributed by atoms with Crippen molar-refractivity contribution in [1.82, 2.24) is 19.9 Å². The van der Waals surface area contributed by atoms with Crippen LogP contribution in [0.15, 0.2) is 37.1 Å². The van der Waals surface area contributed by atoms with E-state index in [0.29, 0.717) is 17.3 Å². The average Bonchev–Trinajstić information content (AvgIpc) is 3.23. The van der Waals surface area contributed by atoms with Gasteiger partial charge in [0.1, 0.15) is 12.1 Å². The van der Waals surface area contributed by atoms with Crippen molar-refractivity contribution in [1.29, 1.82) is 0 Å². The van der Waals surface area contributed by atoms with Gasteiger partial charge in [-0.2, -0.15) is 0 Å². The van der Waals surface area contributed by atoms with Crippen LogP contribution < -0.4 is 5.32 Å². The number of rotatable bonds is 3. The van der Waals surface area contributed by atoms with Crippen LogP contribution in [-0.2, 0) is 4.74 Å².